The molecule has 0 aromatic heterocycles. The van der Waals surface area contributed by atoms with Crippen LogP contribution in [-0.4, -0.2) is 43.1 Å². The second kappa shape index (κ2) is 7.03. The maximum atomic E-state index is 12.4. The Hall–Kier alpha value is -2.09. The zero-order valence-electron chi connectivity index (χ0n) is 13.9. The molecule has 25 heavy (non-hydrogen) atoms. The smallest absolute Gasteiger partial charge is 0.325 e. The third-order valence-corrected chi connectivity index (χ3v) is 6.00. The molecule has 3 rings (SSSR count). The van der Waals surface area contributed by atoms with Gasteiger partial charge in [-0.15, -0.1) is 0 Å². The normalized spacial score (nSPS) is 20.4. The minimum absolute atomic E-state index is 0.0628. The molecule has 0 bridgehead atoms. The van der Waals surface area contributed by atoms with E-state index in [-0.39, 0.29) is 24.0 Å². The van der Waals surface area contributed by atoms with Crippen molar-refractivity contribution < 1.29 is 22.2 Å². The topological polar surface area (TPSA) is 92.8 Å². The first-order valence-corrected chi connectivity index (χ1v) is 10.1. The summed E-state index contributed by atoms with van der Waals surface area (Å²) >= 11 is 0. The van der Waals surface area contributed by atoms with E-state index in [1.165, 1.54) is 4.90 Å². The monoisotopic (exact) mass is 366 g/mol. The number of para-hydroxylation sites is 1. The van der Waals surface area contributed by atoms with Gasteiger partial charge in [0.15, 0.2) is 0 Å². The van der Waals surface area contributed by atoms with Gasteiger partial charge in [-0.1, -0.05) is 43.9 Å². The first-order valence-electron chi connectivity index (χ1n) is 8.53. The van der Waals surface area contributed by atoms with E-state index in [1.807, 2.05) is 0 Å². The van der Waals surface area contributed by atoms with Crippen LogP contribution in [0.3, 0.4) is 0 Å². The van der Waals surface area contributed by atoms with Gasteiger partial charge < -0.3 is 9.08 Å². The first kappa shape index (κ1) is 17.7. The third-order valence-electron chi connectivity index (χ3n) is 4.87. The van der Waals surface area contributed by atoms with Crippen molar-refractivity contribution in [2.45, 2.75) is 44.1 Å². The number of hydrogen-bond acceptors (Lipinski definition) is 5. The molecule has 1 heterocycles. The summed E-state index contributed by atoms with van der Waals surface area (Å²) in [5.74, 6) is -0.431. The average molecular weight is 366 g/mol. The summed E-state index contributed by atoms with van der Waals surface area (Å²) in [6.07, 6.45) is 4.89. The second-order valence-corrected chi connectivity index (χ2v) is 8.21. The zero-order chi connectivity index (χ0) is 17.9. The molecule has 1 spiro atoms. The van der Waals surface area contributed by atoms with Gasteiger partial charge in [0.2, 0.25) is 0 Å². The van der Waals surface area contributed by atoms with E-state index in [2.05, 4.69) is 5.32 Å². The van der Waals surface area contributed by atoms with E-state index in [1.54, 1.807) is 30.3 Å². The number of hydrogen-bond donors (Lipinski definition) is 1. The summed E-state index contributed by atoms with van der Waals surface area (Å²) in [6, 6.07) is 7.71. The molecular weight excluding hydrogens is 344 g/mol. The van der Waals surface area contributed by atoms with E-state index in [9.17, 15) is 18.0 Å². The minimum Gasteiger partial charge on any atom is -0.382 e. The van der Waals surface area contributed by atoms with Crippen LogP contribution in [0.5, 0.6) is 5.75 Å². The number of carbonyl (C=O) groups excluding carboxylic acids is 2. The molecular formula is C17H22N2O5S. The molecule has 3 amide bonds. The molecule has 1 N–H and O–H groups in total. The van der Waals surface area contributed by atoms with Gasteiger partial charge in [-0.3, -0.25) is 10.1 Å². The van der Waals surface area contributed by atoms with Crippen molar-refractivity contribution in [3.8, 4) is 5.75 Å². The molecule has 1 aliphatic heterocycles. The SMILES string of the molecule is O=C1NC(=O)C2(CCCCCC2)N1CCS(=O)(=O)Oc1ccccc1. The predicted octanol–water partition coefficient (Wildman–Crippen LogP) is 2.04. The van der Waals surface area contributed by atoms with Gasteiger partial charge in [0.1, 0.15) is 17.0 Å². The Morgan fingerprint density at radius 1 is 1.04 bits per heavy atom. The van der Waals surface area contributed by atoms with Crippen LogP contribution in [-0.2, 0) is 14.9 Å². The molecule has 0 radical (unpaired) electrons. The fourth-order valence-corrected chi connectivity index (χ4v) is 4.49. The molecule has 0 atom stereocenters. The van der Waals surface area contributed by atoms with Crippen LogP contribution in [0.2, 0.25) is 0 Å². The molecule has 0 unspecified atom stereocenters. The highest BCUT2D eigenvalue weighted by Crippen LogP contribution is 2.36. The van der Waals surface area contributed by atoms with Crippen LogP contribution < -0.4 is 9.50 Å². The standard InChI is InChI=1S/C17H22N2O5S/c20-15-17(10-6-1-2-7-11-17)19(16(21)18-15)12-13-25(22,23)24-14-8-4-3-5-9-14/h3-5,8-9H,1-2,6-7,10-13H2,(H,18,20,21). The lowest BCUT2D eigenvalue weighted by Crippen LogP contribution is -2.50. The highest BCUT2D eigenvalue weighted by Gasteiger charge is 2.52. The Morgan fingerprint density at radius 3 is 2.32 bits per heavy atom. The Balaban J connectivity index is 1.71. The lowest BCUT2D eigenvalue weighted by molar-refractivity contribution is -0.127. The summed E-state index contributed by atoms with van der Waals surface area (Å²) in [5, 5.41) is 2.35. The number of amides is 3. The van der Waals surface area contributed by atoms with E-state index < -0.39 is 21.7 Å². The van der Waals surface area contributed by atoms with E-state index >= 15 is 0 Å². The number of nitrogens with one attached hydrogen (secondary N) is 1. The number of rotatable bonds is 5. The Morgan fingerprint density at radius 2 is 1.68 bits per heavy atom. The van der Waals surface area contributed by atoms with Crippen molar-refractivity contribution in [3.63, 3.8) is 0 Å². The summed E-state index contributed by atoms with van der Waals surface area (Å²) in [7, 11) is -3.86. The van der Waals surface area contributed by atoms with Crippen molar-refractivity contribution >= 4 is 22.1 Å². The zero-order valence-corrected chi connectivity index (χ0v) is 14.8. The van der Waals surface area contributed by atoms with Crippen molar-refractivity contribution in [1.82, 2.24) is 10.2 Å². The lowest BCUT2D eigenvalue weighted by Gasteiger charge is -2.34. The Bertz CT molecular complexity index is 740. The predicted molar refractivity (Wildman–Crippen MR) is 91.5 cm³/mol. The molecule has 7 nitrogen and oxygen atoms in total. The average Bonchev–Trinajstić information content (AvgIpc) is 2.73. The third kappa shape index (κ3) is 3.78. The highest BCUT2D eigenvalue weighted by atomic mass is 32.2. The summed E-state index contributed by atoms with van der Waals surface area (Å²) in [5.41, 5.74) is -0.907. The summed E-state index contributed by atoms with van der Waals surface area (Å²) < 4.78 is 29.5. The van der Waals surface area contributed by atoms with Gasteiger partial charge in [-0.05, 0) is 25.0 Å². The van der Waals surface area contributed by atoms with Crippen LogP contribution in [0.4, 0.5) is 4.79 Å². The quantitative estimate of drug-likeness (QED) is 0.636. The largest absolute Gasteiger partial charge is 0.382 e. The Labute approximate surface area is 147 Å². The minimum atomic E-state index is -3.86. The number of urea groups is 1. The van der Waals surface area contributed by atoms with Gasteiger partial charge in [0.25, 0.3) is 5.91 Å². The number of nitrogens with zero attached hydrogens (tertiary/aromatic N) is 1. The van der Waals surface area contributed by atoms with Gasteiger partial charge in [0.05, 0.1) is 0 Å². The molecule has 1 saturated heterocycles. The van der Waals surface area contributed by atoms with Gasteiger partial charge >= 0.3 is 16.1 Å². The molecule has 1 aromatic rings. The summed E-state index contributed by atoms with van der Waals surface area (Å²) in [6.45, 7) is -0.0628. The van der Waals surface area contributed by atoms with Crippen molar-refractivity contribution in [3.05, 3.63) is 30.3 Å². The fraction of sp³-hybridized carbons (Fsp3) is 0.529. The summed E-state index contributed by atoms with van der Waals surface area (Å²) in [4.78, 5) is 26.0. The number of carbonyl (C=O) groups is 2. The molecule has 2 fully saturated rings. The van der Waals surface area contributed by atoms with Crippen molar-refractivity contribution in [1.29, 1.82) is 0 Å². The van der Waals surface area contributed by atoms with Crippen LogP contribution in [0.15, 0.2) is 30.3 Å². The molecule has 2 aliphatic rings. The maximum Gasteiger partial charge on any atom is 0.325 e. The van der Waals surface area contributed by atoms with E-state index in [0.29, 0.717) is 12.8 Å². The molecule has 136 valence electrons. The molecule has 8 heteroatoms. The van der Waals surface area contributed by atoms with Gasteiger partial charge in [-0.25, -0.2) is 4.79 Å². The van der Waals surface area contributed by atoms with Gasteiger partial charge in [-0.2, -0.15) is 8.42 Å². The van der Waals surface area contributed by atoms with Crippen LogP contribution in [0.1, 0.15) is 38.5 Å². The highest BCUT2D eigenvalue weighted by molar-refractivity contribution is 7.87. The number of benzene rings is 1. The van der Waals surface area contributed by atoms with Crippen molar-refractivity contribution in [2.24, 2.45) is 0 Å². The van der Waals surface area contributed by atoms with Crippen LogP contribution >= 0.6 is 0 Å². The number of imide groups is 1. The van der Waals surface area contributed by atoms with Crippen molar-refractivity contribution in [2.75, 3.05) is 12.3 Å². The van der Waals surface area contributed by atoms with Crippen LogP contribution in [0.25, 0.3) is 0 Å². The maximum absolute atomic E-state index is 12.4. The Kier molecular flexibility index (Phi) is 4.99. The van der Waals surface area contributed by atoms with Gasteiger partial charge in [0, 0.05) is 6.54 Å². The first-order chi connectivity index (χ1) is 11.9. The lowest BCUT2D eigenvalue weighted by atomic mass is 9.89. The van der Waals surface area contributed by atoms with E-state index in [4.69, 9.17) is 4.18 Å². The second-order valence-electron chi connectivity index (χ2n) is 6.51. The van der Waals surface area contributed by atoms with E-state index in [0.717, 1.165) is 25.7 Å². The fourth-order valence-electron chi connectivity index (χ4n) is 3.59. The molecule has 1 aliphatic carbocycles. The molecule has 1 aromatic carbocycles. The van der Waals surface area contributed by atoms with Crippen LogP contribution in [0, 0.1) is 0 Å². The molecule has 1 saturated carbocycles.